The number of hydrogen-bond donors (Lipinski definition) is 2. The van der Waals surface area contributed by atoms with Crippen LogP contribution in [-0.4, -0.2) is 73.5 Å². The fraction of sp³-hybridized carbons (Fsp3) is 0.500. The van der Waals surface area contributed by atoms with Crippen molar-refractivity contribution in [2.45, 2.75) is 26.4 Å². The highest BCUT2D eigenvalue weighted by Gasteiger charge is 2.23. The number of aryl methyl sites for hydroxylation is 1. The van der Waals surface area contributed by atoms with E-state index in [2.05, 4.69) is 15.5 Å². The number of ether oxygens (including phenoxy) is 3. The summed E-state index contributed by atoms with van der Waals surface area (Å²) in [7, 11) is 0. The molecule has 2 aromatic rings. The van der Waals surface area contributed by atoms with Gasteiger partial charge >= 0.3 is 0 Å². The molecule has 10 heteroatoms. The zero-order valence-corrected chi connectivity index (χ0v) is 18.3. The van der Waals surface area contributed by atoms with E-state index in [1.54, 1.807) is 23.6 Å². The van der Waals surface area contributed by atoms with E-state index in [-0.39, 0.29) is 18.3 Å². The van der Waals surface area contributed by atoms with Crippen molar-refractivity contribution in [3.05, 3.63) is 34.1 Å². The summed E-state index contributed by atoms with van der Waals surface area (Å²) in [6.07, 6.45) is 1.52. The minimum atomic E-state index is -0.783. The van der Waals surface area contributed by atoms with Crippen LogP contribution in [0.3, 0.4) is 0 Å². The van der Waals surface area contributed by atoms with Gasteiger partial charge in [0.2, 0.25) is 18.1 Å². The van der Waals surface area contributed by atoms with E-state index in [0.717, 1.165) is 19.6 Å². The first kappa shape index (κ1) is 22.1. The van der Waals surface area contributed by atoms with Crippen molar-refractivity contribution in [2.24, 2.45) is 0 Å². The first-order valence-corrected chi connectivity index (χ1v) is 10.8. The molecule has 1 fully saturated rings. The van der Waals surface area contributed by atoms with E-state index < -0.39 is 17.4 Å². The third kappa shape index (κ3) is 4.56. The van der Waals surface area contributed by atoms with Gasteiger partial charge in [0.05, 0.1) is 24.1 Å². The average Bonchev–Trinajstić information content (AvgIpc) is 3.26. The molecule has 2 aliphatic heterocycles. The van der Waals surface area contributed by atoms with Gasteiger partial charge in [0.25, 0.3) is 5.91 Å². The third-order valence-electron chi connectivity index (χ3n) is 5.73. The highest BCUT2D eigenvalue weighted by atomic mass is 16.7. The van der Waals surface area contributed by atoms with Gasteiger partial charge in [-0.15, -0.1) is 0 Å². The number of rotatable bonds is 7. The van der Waals surface area contributed by atoms with Crippen LogP contribution in [0.25, 0.3) is 10.9 Å². The van der Waals surface area contributed by atoms with Gasteiger partial charge in [0, 0.05) is 45.0 Å². The van der Waals surface area contributed by atoms with Gasteiger partial charge in [-0.05, 0) is 19.9 Å². The number of nitrogens with one attached hydrogen (secondary N) is 2. The topological polar surface area (TPSA) is 111 Å². The molecule has 4 rings (SSSR count). The molecule has 172 valence electrons. The van der Waals surface area contributed by atoms with E-state index >= 15 is 0 Å². The first-order valence-electron chi connectivity index (χ1n) is 10.8. The summed E-state index contributed by atoms with van der Waals surface area (Å²) in [6, 6.07) is 2.56. The Morgan fingerprint density at radius 1 is 1.16 bits per heavy atom. The van der Waals surface area contributed by atoms with Crippen molar-refractivity contribution in [3.63, 3.8) is 0 Å². The Labute approximate surface area is 185 Å². The van der Waals surface area contributed by atoms with Crippen LogP contribution in [0, 0.1) is 0 Å². The van der Waals surface area contributed by atoms with Gasteiger partial charge in [-0.3, -0.25) is 19.3 Å². The summed E-state index contributed by atoms with van der Waals surface area (Å²) >= 11 is 0. The number of carbonyl (C=O) groups is 2. The lowest BCUT2D eigenvalue weighted by molar-refractivity contribution is -0.122. The highest BCUT2D eigenvalue weighted by molar-refractivity contribution is 6.00. The fourth-order valence-corrected chi connectivity index (χ4v) is 3.86. The normalized spacial score (nSPS) is 16.7. The molecular formula is C22H28N4O6. The third-order valence-corrected chi connectivity index (χ3v) is 5.73. The summed E-state index contributed by atoms with van der Waals surface area (Å²) in [5.41, 5.74) is 0.221. The standard InChI is InChI=1S/C22H28N4O6/c1-3-26-12-16(20(27)15-10-18-19(11-17(15)26)32-13-31-18)22(29)24-14(2)21(28)23-4-5-25-6-8-30-9-7-25/h10-12,14H,3-9,13H2,1-2H3,(H,23,28)(H,24,29). The second-order valence-corrected chi connectivity index (χ2v) is 7.82. The second-order valence-electron chi connectivity index (χ2n) is 7.82. The molecule has 0 aliphatic carbocycles. The van der Waals surface area contributed by atoms with Gasteiger partial charge in [0.15, 0.2) is 11.5 Å². The van der Waals surface area contributed by atoms with Gasteiger partial charge in [-0.2, -0.15) is 0 Å². The van der Waals surface area contributed by atoms with Crippen LogP contribution in [0.4, 0.5) is 0 Å². The lowest BCUT2D eigenvalue weighted by Crippen LogP contribution is -2.48. The number of carbonyl (C=O) groups excluding carboxylic acids is 2. The maximum atomic E-state index is 13.0. The fourth-order valence-electron chi connectivity index (χ4n) is 3.86. The van der Waals surface area contributed by atoms with Gasteiger partial charge < -0.3 is 29.4 Å². The van der Waals surface area contributed by atoms with Crippen LogP contribution >= 0.6 is 0 Å². The number of morpholine rings is 1. The Bertz CT molecular complexity index is 1080. The van der Waals surface area contributed by atoms with Gasteiger partial charge in [-0.25, -0.2) is 0 Å². The molecule has 0 bridgehead atoms. The van der Waals surface area contributed by atoms with Gasteiger partial charge in [0.1, 0.15) is 11.6 Å². The predicted molar refractivity (Wildman–Crippen MR) is 117 cm³/mol. The predicted octanol–water partition coefficient (Wildman–Crippen LogP) is 0.317. The Morgan fingerprint density at radius 2 is 1.88 bits per heavy atom. The molecule has 1 saturated heterocycles. The smallest absolute Gasteiger partial charge is 0.257 e. The van der Waals surface area contributed by atoms with Crippen molar-refractivity contribution in [1.29, 1.82) is 0 Å². The second kappa shape index (κ2) is 9.58. The monoisotopic (exact) mass is 444 g/mol. The first-order chi connectivity index (χ1) is 15.5. The van der Waals surface area contributed by atoms with E-state index in [1.807, 2.05) is 6.92 Å². The molecule has 2 aliphatic rings. The number of hydrogen-bond acceptors (Lipinski definition) is 7. The zero-order chi connectivity index (χ0) is 22.7. The van der Waals surface area contributed by atoms with Crippen LogP contribution in [-0.2, 0) is 16.1 Å². The van der Waals surface area contributed by atoms with Crippen LogP contribution < -0.4 is 25.5 Å². The highest BCUT2D eigenvalue weighted by Crippen LogP contribution is 2.35. The van der Waals surface area contributed by atoms with E-state index in [9.17, 15) is 14.4 Å². The number of pyridine rings is 1. The van der Waals surface area contributed by atoms with Crippen molar-refractivity contribution in [3.8, 4) is 11.5 Å². The lowest BCUT2D eigenvalue weighted by Gasteiger charge is -2.26. The number of fused-ring (bicyclic) bond motifs is 2. The summed E-state index contributed by atoms with van der Waals surface area (Å²) in [4.78, 5) is 40.5. The molecule has 2 N–H and O–H groups in total. The molecule has 0 spiro atoms. The molecule has 1 aromatic heterocycles. The SMILES string of the molecule is CCn1cc(C(=O)NC(C)C(=O)NCCN2CCOCC2)c(=O)c2cc3c(cc21)OCO3. The maximum Gasteiger partial charge on any atom is 0.257 e. The van der Waals surface area contributed by atoms with Crippen molar-refractivity contribution in [2.75, 3.05) is 46.2 Å². The Morgan fingerprint density at radius 3 is 2.59 bits per heavy atom. The molecule has 2 amide bonds. The van der Waals surface area contributed by atoms with E-state index in [0.29, 0.717) is 48.7 Å². The number of aromatic nitrogens is 1. The molecular weight excluding hydrogens is 416 g/mol. The summed E-state index contributed by atoms with van der Waals surface area (Å²) in [5, 5.41) is 5.84. The number of nitrogens with zero attached hydrogens (tertiary/aromatic N) is 2. The molecule has 0 radical (unpaired) electrons. The lowest BCUT2D eigenvalue weighted by atomic mass is 10.1. The van der Waals surface area contributed by atoms with Crippen LogP contribution in [0.15, 0.2) is 23.1 Å². The molecule has 1 atom stereocenters. The zero-order valence-electron chi connectivity index (χ0n) is 18.3. The molecule has 1 aromatic carbocycles. The van der Waals surface area contributed by atoms with E-state index in [4.69, 9.17) is 14.2 Å². The molecule has 3 heterocycles. The number of amides is 2. The largest absolute Gasteiger partial charge is 0.454 e. The van der Waals surface area contributed by atoms with Gasteiger partial charge in [-0.1, -0.05) is 0 Å². The molecule has 10 nitrogen and oxygen atoms in total. The Kier molecular flexibility index (Phi) is 6.61. The molecule has 0 saturated carbocycles. The minimum absolute atomic E-state index is 0.0221. The van der Waals surface area contributed by atoms with Crippen molar-refractivity contribution < 1.29 is 23.8 Å². The number of benzene rings is 1. The van der Waals surface area contributed by atoms with E-state index in [1.165, 1.54) is 6.20 Å². The Hall–Kier alpha value is -3.11. The summed E-state index contributed by atoms with van der Waals surface area (Å²) in [5.74, 6) is 0.153. The van der Waals surface area contributed by atoms with Crippen molar-refractivity contribution in [1.82, 2.24) is 20.1 Å². The van der Waals surface area contributed by atoms with Crippen LogP contribution in [0.1, 0.15) is 24.2 Å². The molecule has 1 unspecified atom stereocenters. The summed E-state index contributed by atoms with van der Waals surface area (Å²) in [6.45, 7) is 8.43. The minimum Gasteiger partial charge on any atom is -0.454 e. The van der Waals surface area contributed by atoms with Crippen LogP contribution in [0.5, 0.6) is 11.5 Å². The average molecular weight is 444 g/mol. The summed E-state index contributed by atoms with van der Waals surface area (Å²) < 4.78 is 17.9. The van der Waals surface area contributed by atoms with Crippen LogP contribution in [0.2, 0.25) is 0 Å². The van der Waals surface area contributed by atoms with Crippen molar-refractivity contribution >= 4 is 22.7 Å². The quantitative estimate of drug-likeness (QED) is 0.633. The molecule has 32 heavy (non-hydrogen) atoms. The maximum absolute atomic E-state index is 13.0. The Balaban J connectivity index is 1.44.